The number of carbonyl (C=O) groups is 2. The Hall–Kier alpha value is -0.970. The van der Waals surface area contributed by atoms with E-state index in [0.29, 0.717) is 17.7 Å². The zero-order chi connectivity index (χ0) is 16.0. The van der Waals surface area contributed by atoms with Gasteiger partial charge in [-0.3, -0.25) is 4.79 Å². The molecular formula is C17H27NO3S. The topological polar surface area (TPSA) is 55.4 Å². The van der Waals surface area contributed by atoms with Gasteiger partial charge in [-0.05, 0) is 57.0 Å². The molecule has 1 heterocycles. The van der Waals surface area contributed by atoms with Gasteiger partial charge in [0.25, 0.3) is 5.91 Å². The van der Waals surface area contributed by atoms with Gasteiger partial charge in [-0.25, -0.2) is 4.79 Å². The van der Waals surface area contributed by atoms with Crippen LogP contribution in [0.25, 0.3) is 0 Å². The molecule has 124 valence electrons. The maximum Gasteiger partial charge on any atom is 0.335 e. The number of esters is 1. The van der Waals surface area contributed by atoms with Gasteiger partial charge in [-0.1, -0.05) is 13.3 Å². The smallest absolute Gasteiger partial charge is 0.335 e. The lowest BCUT2D eigenvalue weighted by Gasteiger charge is -2.34. The lowest BCUT2D eigenvalue weighted by molar-refractivity contribution is -0.149. The van der Waals surface area contributed by atoms with Crippen LogP contribution in [-0.2, 0) is 14.3 Å². The molecule has 1 spiro atoms. The molecule has 1 fully saturated rings. The molecule has 0 aromatic carbocycles. The Morgan fingerprint density at radius 2 is 2.00 bits per heavy atom. The minimum atomic E-state index is -0.638. The number of thioether (sulfide) groups is 1. The number of carbonyl (C=O) groups excluding carboxylic acids is 2. The van der Waals surface area contributed by atoms with Crippen molar-refractivity contribution in [2.24, 2.45) is 0 Å². The van der Waals surface area contributed by atoms with E-state index in [1.54, 1.807) is 6.92 Å². The number of nitrogens with one attached hydrogen (secondary N) is 1. The summed E-state index contributed by atoms with van der Waals surface area (Å²) >= 11 is 1.92. The van der Waals surface area contributed by atoms with Crippen molar-refractivity contribution in [2.75, 3.05) is 18.1 Å². The lowest BCUT2D eigenvalue weighted by Crippen LogP contribution is -2.41. The van der Waals surface area contributed by atoms with Crippen molar-refractivity contribution in [3.8, 4) is 0 Å². The first kappa shape index (κ1) is 17.4. The molecule has 1 amide bonds. The Kier molecular flexibility index (Phi) is 6.36. The van der Waals surface area contributed by atoms with E-state index >= 15 is 0 Å². The molecule has 5 heteroatoms. The van der Waals surface area contributed by atoms with Crippen LogP contribution in [0.3, 0.4) is 0 Å². The largest absolute Gasteiger partial charge is 0.451 e. The predicted octanol–water partition coefficient (Wildman–Crippen LogP) is 3.21. The fourth-order valence-electron chi connectivity index (χ4n) is 3.31. The van der Waals surface area contributed by atoms with Crippen LogP contribution < -0.4 is 5.32 Å². The summed E-state index contributed by atoms with van der Waals surface area (Å²) in [6.07, 6.45) is 6.91. The molecule has 4 nitrogen and oxygen atoms in total. The molecule has 1 aliphatic heterocycles. The van der Waals surface area contributed by atoms with E-state index in [1.165, 1.54) is 12.2 Å². The minimum Gasteiger partial charge on any atom is -0.451 e. The molecule has 0 aromatic heterocycles. The van der Waals surface area contributed by atoms with E-state index in [9.17, 15) is 9.59 Å². The molecule has 1 N–H and O–H groups in total. The zero-order valence-corrected chi connectivity index (χ0v) is 14.5. The molecule has 0 atom stereocenters. The van der Waals surface area contributed by atoms with Crippen LogP contribution in [0.1, 0.15) is 58.8 Å². The molecule has 22 heavy (non-hydrogen) atoms. The summed E-state index contributed by atoms with van der Waals surface area (Å²) in [5.41, 5.74) is 0.457. The molecular weight excluding hydrogens is 298 g/mol. The molecule has 0 saturated heterocycles. The molecule has 0 radical (unpaired) electrons. The third-order valence-corrected chi connectivity index (χ3v) is 5.69. The molecule has 1 saturated carbocycles. The van der Waals surface area contributed by atoms with Crippen molar-refractivity contribution in [1.29, 1.82) is 0 Å². The maximum absolute atomic E-state index is 12.6. The lowest BCUT2D eigenvalue weighted by atomic mass is 9.78. The van der Waals surface area contributed by atoms with Gasteiger partial charge in [0.2, 0.25) is 0 Å². The van der Waals surface area contributed by atoms with Gasteiger partial charge in [0.15, 0.2) is 0 Å². The Labute approximate surface area is 137 Å². The summed E-state index contributed by atoms with van der Waals surface area (Å²) in [5, 5.41) is 2.98. The quantitative estimate of drug-likeness (QED) is 0.577. The van der Waals surface area contributed by atoms with E-state index in [-0.39, 0.29) is 11.9 Å². The third-order valence-electron chi connectivity index (χ3n) is 4.41. The zero-order valence-electron chi connectivity index (χ0n) is 13.7. The van der Waals surface area contributed by atoms with Gasteiger partial charge < -0.3 is 10.1 Å². The van der Waals surface area contributed by atoms with Crippen molar-refractivity contribution in [1.82, 2.24) is 5.32 Å². The highest BCUT2D eigenvalue weighted by molar-refractivity contribution is 7.99. The van der Waals surface area contributed by atoms with Crippen molar-refractivity contribution < 1.29 is 14.3 Å². The highest BCUT2D eigenvalue weighted by atomic mass is 32.2. The summed E-state index contributed by atoms with van der Waals surface area (Å²) in [5.74, 6) is 1.81. The monoisotopic (exact) mass is 325 g/mol. The number of amides is 1. The van der Waals surface area contributed by atoms with E-state index in [2.05, 4.69) is 12.2 Å². The molecule has 0 unspecified atom stereocenters. The number of rotatable bonds is 7. The first-order valence-electron chi connectivity index (χ1n) is 8.41. The SMILES string of the molecule is CCCSCCCNC(=O)C1=C(C)C(=O)OC12CCCCC2. The van der Waals surface area contributed by atoms with E-state index in [0.717, 1.165) is 44.3 Å². The second-order valence-corrected chi connectivity index (χ2v) is 7.39. The molecule has 2 aliphatic rings. The van der Waals surface area contributed by atoms with Crippen LogP contribution in [0, 0.1) is 0 Å². The van der Waals surface area contributed by atoms with E-state index in [1.807, 2.05) is 11.8 Å². The Morgan fingerprint density at radius 1 is 1.27 bits per heavy atom. The summed E-state index contributed by atoms with van der Waals surface area (Å²) in [4.78, 5) is 24.5. The third kappa shape index (κ3) is 3.86. The predicted molar refractivity (Wildman–Crippen MR) is 89.9 cm³/mol. The highest BCUT2D eigenvalue weighted by Gasteiger charge is 2.49. The van der Waals surface area contributed by atoms with Gasteiger partial charge in [-0.15, -0.1) is 0 Å². The second-order valence-electron chi connectivity index (χ2n) is 6.17. The summed E-state index contributed by atoms with van der Waals surface area (Å²) in [6.45, 7) is 4.55. The summed E-state index contributed by atoms with van der Waals surface area (Å²) in [7, 11) is 0. The molecule has 2 rings (SSSR count). The first-order valence-corrected chi connectivity index (χ1v) is 9.57. The van der Waals surface area contributed by atoms with Gasteiger partial charge in [0.1, 0.15) is 5.60 Å². The highest BCUT2D eigenvalue weighted by Crippen LogP contribution is 2.43. The van der Waals surface area contributed by atoms with Crippen LogP contribution in [-0.4, -0.2) is 35.5 Å². The first-order chi connectivity index (χ1) is 10.6. The Bertz CT molecular complexity index is 453. The van der Waals surface area contributed by atoms with E-state index in [4.69, 9.17) is 4.74 Å². The fourth-order valence-corrected chi connectivity index (χ4v) is 4.15. The van der Waals surface area contributed by atoms with Crippen LogP contribution in [0.15, 0.2) is 11.1 Å². The van der Waals surface area contributed by atoms with E-state index < -0.39 is 5.60 Å². The number of ether oxygens (including phenoxy) is 1. The van der Waals surface area contributed by atoms with Gasteiger partial charge in [0, 0.05) is 12.1 Å². The van der Waals surface area contributed by atoms with Crippen LogP contribution in [0.2, 0.25) is 0 Å². The normalized spacial score (nSPS) is 20.4. The van der Waals surface area contributed by atoms with Crippen molar-refractivity contribution in [3.63, 3.8) is 0 Å². The van der Waals surface area contributed by atoms with Crippen molar-refractivity contribution in [3.05, 3.63) is 11.1 Å². The number of hydrogen-bond donors (Lipinski definition) is 1. The second kappa shape index (κ2) is 8.04. The molecule has 0 bridgehead atoms. The Balaban J connectivity index is 1.92. The van der Waals surface area contributed by atoms with Gasteiger partial charge in [-0.2, -0.15) is 11.8 Å². The minimum absolute atomic E-state index is 0.106. The molecule has 1 aliphatic carbocycles. The average molecular weight is 325 g/mol. The summed E-state index contributed by atoms with van der Waals surface area (Å²) < 4.78 is 5.62. The van der Waals surface area contributed by atoms with Gasteiger partial charge in [0.05, 0.1) is 5.57 Å². The average Bonchev–Trinajstić information content (AvgIpc) is 2.74. The standard InChI is InChI=1S/C17H27NO3S/c1-3-11-22-12-7-10-18-15(19)14-13(2)16(20)21-17(14)8-5-4-6-9-17/h3-12H2,1-2H3,(H,18,19). The fraction of sp³-hybridized carbons (Fsp3) is 0.765. The van der Waals surface area contributed by atoms with Crippen LogP contribution in [0.5, 0.6) is 0 Å². The maximum atomic E-state index is 12.6. The van der Waals surface area contributed by atoms with Crippen LogP contribution in [0.4, 0.5) is 0 Å². The molecule has 0 aromatic rings. The summed E-state index contributed by atoms with van der Waals surface area (Å²) in [6, 6.07) is 0. The van der Waals surface area contributed by atoms with Crippen LogP contribution >= 0.6 is 11.8 Å². The Morgan fingerprint density at radius 3 is 2.68 bits per heavy atom. The van der Waals surface area contributed by atoms with Crippen molar-refractivity contribution in [2.45, 2.75) is 64.4 Å². The number of hydrogen-bond acceptors (Lipinski definition) is 4. The van der Waals surface area contributed by atoms with Gasteiger partial charge >= 0.3 is 5.97 Å². The van der Waals surface area contributed by atoms with Crippen molar-refractivity contribution >= 4 is 23.6 Å².